The van der Waals surface area contributed by atoms with Crippen molar-refractivity contribution in [2.24, 2.45) is 5.73 Å². The summed E-state index contributed by atoms with van der Waals surface area (Å²) in [4.78, 5) is 20.8. The predicted octanol–water partition coefficient (Wildman–Crippen LogP) is 0.715. The zero-order valence-corrected chi connectivity index (χ0v) is 8.06. The van der Waals surface area contributed by atoms with Gasteiger partial charge in [0.25, 0.3) is 5.91 Å². The van der Waals surface area contributed by atoms with Crippen molar-refractivity contribution in [3.63, 3.8) is 0 Å². The molecule has 0 aromatic heterocycles. The number of benzene rings is 1. The van der Waals surface area contributed by atoms with Gasteiger partial charge in [0.15, 0.2) is 0 Å². The summed E-state index contributed by atoms with van der Waals surface area (Å²) in [6.07, 6.45) is 0. The number of amides is 1. The van der Waals surface area contributed by atoms with Crippen molar-refractivity contribution in [2.45, 2.75) is 0 Å². The SMILES string of the molecule is CON(OC)c1ccccc1C(N)=O. The lowest BCUT2D eigenvalue weighted by atomic mass is 10.2. The van der Waals surface area contributed by atoms with E-state index in [1.54, 1.807) is 24.3 Å². The quantitative estimate of drug-likeness (QED) is 0.720. The minimum Gasteiger partial charge on any atom is -0.366 e. The third-order valence-electron chi connectivity index (χ3n) is 1.70. The Balaban J connectivity index is 3.11. The Kier molecular flexibility index (Phi) is 3.44. The molecule has 0 aliphatic carbocycles. The Bertz CT molecular complexity index is 324. The Morgan fingerprint density at radius 3 is 2.36 bits per heavy atom. The standard InChI is InChI=1S/C9H12N2O3/c1-13-11(14-2)8-6-4-3-5-7(8)9(10)12/h3-6H,1-2H3,(H2,10,12). The molecule has 0 atom stereocenters. The van der Waals surface area contributed by atoms with E-state index < -0.39 is 5.91 Å². The highest BCUT2D eigenvalue weighted by Crippen LogP contribution is 2.19. The number of carbonyl (C=O) groups is 1. The van der Waals surface area contributed by atoms with Crippen LogP contribution in [0.4, 0.5) is 5.69 Å². The molecule has 0 spiro atoms. The van der Waals surface area contributed by atoms with E-state index in [-0.39, 0.29) is 0 Å². The number of hydrogen-bond donors (Lipinski definition) is 1. The van der Waals surface area contributed by atoms with Crippen molar-refractivity contribution >= 4 is 11.6 Å². The Morgan fingerprint density at radius 2 is 1.86 bits per heavy atom. The van der Waals surface area contributed by atoms with Gasteiger partial charge in [-0.1, -0.05) is 12.1 Å². The molecule has 1 amide bonds. The van der Waals surface area contributed by atoms with Crippen LogP contribution in [0.15, 0.2) is 24.3 Å². The van der Waals surface area contributed by atoms with E-state index in [2.05, 4.69) is 0 Å². The topological polar surface area (TPSA) is 64.8 Å². The van der Waals surface area contributed by atoms with Gasteiger partial charge in [0.2, 0.25) is 0 Å². The van der Waals surface area contributed by atoms with Gasteiger partial charge in [0.1, 0.15) is 5.69 Å². The van der Waals surface area contributed by atoms with Gasteiger partial charge in [0.05, 0.1) is 19.8 Å². The number of carbonyl (C=O) groups excluding carboxylic acids is 1. The molecule has 1 aromatic carbocycles. The summed E-state index contributed by atoms with van der Waals surface area (Å²) in [6.45, 7) is 0. The summed E-state index contributed by atoms with van der Waals surface area (Å²) in [5, 5.41) is 1.11. The molecule has 0 aliphatic rings. The predicted molar refractivity (Wildman–Crippen MR) is 51.5 cm³/mol. The van der Waals surface area contributed by atoms with Crippen molar-refractivity contribution < 1.29 is 14.5 Å². The summed E-state index contributed by atoms with van der Waals surface area (Å²) in [5.74, 6) is -0.528. The van der Waals surface area contributed by atoms with Crippen LogP contribution in [0.5, 0.6) is 0 Å². The monoisotopic (exact) mass is 196 g/mol. The molecular formula is C9H12N2O3. The maximum Gasteiger partial charge on any atom is 0.250 e. The average molecular weight is 196 g/mol. The molecule has 14 heavy (non-hydrogen) atoms. The van der Waals surface area contributed by atoms with Crippen LogP contribution in [0.2, 0.25) is 0 Å². The molecule has 0 saturated carbocycles. The van der Waals surface area contributed by atoms with Crippen LogP contribution in [0.25, 0.3) is 0 Å². The summed E-state index contributed by atoms with van der Waals surface area (Å²) in [6, 6.07) is 6.75. The first-order chi connectivity index (χ1) is 6.70. The number of rotatable bonds is 4. The highest BCUT2D eigenvalue weighted by Gasteiger charge is 2.13. The molecule has 0 radical (unpaired) electrons. The van der Waals surface area contributed by atoms with Crippen LogP contribution < -0.4 is 11.0 Å². The van der Waals surface area contributed by atoms with Gasteiger partial charge < -0.3 is 5.73 Å². The molecule has 1 aromatic rings. The van der Waals surface area contributed by atoms with Crippen molar-refractivity contribution in [1.82, 2.24) is 0 Å². The number of anilines is 1. The minimum atomic E-state index is -0.528. The maximum absolute atomic E-state index is 11.0. The van der Waals surface area contributed by atoms with Gasteiger partial charge in [-0.15, -0.1) is 5.23 Å². The van der Waals surface area contributed by atoms with E-state index in [4.69, 9.17) is 15.4 Å². The van der Waals surface area contributed by atoms with Crippen LogP contribution in [-0.4, -0.2) is 20.1 Å². The van der Waals surface area contributed by atoms with Crippen LogP contribution in [0.3, 0.4) is 0 Å². The molecule has 5 nitrogen and oxygen atoms in total. The second-order valence-corrected chi connectivity index (χ2v) is 2.50. The largest absolute Gasteiger partial charge is 0.366 e. The van der Waals surface area contributed by atoms with E-state index in [9.17, 15) is 4.79 Å². The normalized spacial score (nSPS) is 9.86. The lowest BCUT2D eigenvalue weighted by Gasteiger charge is -2.19. The van der Waals surface area contributed by atoms with Crippen LogP contribution in [0.1, 0.15) is 10.4 Å². The van der Waals surface area contributed by atoms with E-state index in [1.165, 1.54) is 14.2 Å². The van der Waals surface area contributed by atoms with Gasteiger partial charge in [-0.25, -0.2) is 0 Å². The van der Waals surface area contributed by atoms with Gasteiger partial charge in [-0.3, -0.25) is 14.5 Å². The molecule has 0 fully saturated rings. The smallest absolute Gasteiger partial charge is 0.250 e. The van der Waals surface area contributed by atoms with Crippen molar-refractivity contribution in [3.8, 4) is 0 Å². The van der Waals surface area contributed by atoms with Gasteiger partial charge in [0, 0.05) is 0 Å². The van der Waals surface area contributed by atoms with Gasteiger partial charge in [-0.2, -0.15) is 0 Å². The third kappa shape index (κ3) is 2.01. The van der Waals surface area contributed by atoms with Crippen molar-refractivity contribution in [3.05, 3.63) is 29.8 Å². The summed E-state index contributed by atoms with van der Waals surface area (Å²) >= 11 is 0. The molecule has 1 rings (SSSR count). The zero-order chi connectivity index (χ0) is 10.6. The molecule has 0 saturated heterocycles. The fourth-order valence-electron chi connectivity index (χ4n) is 1.11. The molecule has 0 heterocycles. The Hall–Kier alpha value is -1.59. The fourth-order valence-corrected chi connectivity index (χ4v) is 1.11. The van der Waals surface area contributed by atoms with Crippen LogP contribution in [-0.2, 0) is 9.68 Å². The zero-order valence-electron chi connectivity index (χ0n) is 8.06. The van der Waals surface area contributed by atoms with E-state index in [0.29, 0.717) is 11.3 Å². The Morgan fingerprint density at radius 1 is 1.29 bits per heavy atom. The van der Waals surface area contributed by atoms with E-state index >= 15 is 0 Å². The van der Waals surface area contributed by atoms with Gasteiger partial charge in [-0.05, 0) is 12.1 Å². The molecule has 76 valence electrons. The number of para-hydroxylation sites is 1. The first-order valence-corrected chi connectivity index (χ1v) is 3.98. The first-order valence-electron chi connectivity index (χ1n) is 3.98. The molecule has 0 bridgehead atoms. The third-order valence-corrected chi connectivity index (χ3v) is 1.70. The molecule has 5 heteroatoms. The maximum atomic E-state index is 11.0. The number of primary amides is 1. The summed E-state index contributed by atoms with van der Waals surface area (Å²) in [7, 11) is 2.86. The summed E-state index contributed by atoms with van der Waals surface area (Å²) < 4.78 is 0. The second-order valence-electron chi connectivity index (χ2n) is 2.50. The lowest BCUT2D eigenvalue weighted by molar-refractivity contribution is -0.0435. The van der Waals surface area contributed by atoms with E-state index in [0.717, 1.165) is 5.23 Å². The summed E-state index contributed by atoms with van der Waals surface area (Å²) in [5.41, 5.74) is 6.01. The number of hydrogen-bond acceptors (Lipinski definition) is 4. The minimum absolute atomic E-state index is 0.344. The fraction of sp³-hybridized carbons (Fsp3) is 0.222. The Labute approximate surface area is 81.9 Å². The van der Waals surface area contributed by atoms with E-state index in [1.807, 2.05) is 0 Å². The molecule has 2 N–H and O–H groups in total. The van der Waals surface area contributed by atoms with Crippen LogP contribution >= 0.6 is 0 Å². The highest BCUT2D eigenvalue weighted by atomic mass is 16.9. The number of nitrogens with two attached hydrogens (primary N) is 1. The molecule has 0 unspecified atom stereocenters. The first kappa shape index (κ1) is 10.5. The van der Waals surface area contributed by atoms with Crippen LogP contribution in [0, 0.1) is 0 Å². The average Bonchev–Trinajstić information content (AvgIpc) is 2.20. The van der Waals surface area contributed by atoms with Crippen molar-refractivity contribution in [2.75, 3.05) is 19.4 Å². The lowest BCUT2D eigenvalue weighted by Crippen LogP contribution is -2.24. The van der Waals surface area contributed by atoms with Gasteiger partial charge >= 0.3 is 0 Å². The molecular weight excluding hydrogens is 184 g/mol. The second kappa shape index (κ2) is 4.59. The van der Waals surface area contributed by atoms with Crippen molar-refractivity contribution in [1.29, 1.82) is 0 Å². The highest BCUT2D eigenvalue weighted by molar-refractivity contribution is 5.98. The number of nitrogens with zero attached hydrogens (tertiary/aromatic N) is 1. The molecule has 0 aliphatic heterocycles.